The van der Waals surface area contributed by atoms with Crippen molar-refractivity contribution in [2.24, 2.45) is 5.92 Å². The van der Waals surface area contributed by atoms with Gasteiger partial charge in [-0.05, 0) is 94.1 Å². The Bertz CT molecular complexity index is 1010. The minimum atomic E-state index is 0.694. The number of rotatable bonds is 11. The lowest BCUT2D eigenvalue weighted by atomic mass is 9.85. The van der Waals surface area contributed by atoms with Crippen LogP contribution in [-0.2, 0) is 0 Å². The van der Waals surface area contributed by atoms with E-state index in [9.17, 15) is 0 Å². The lowest BCUT2D eigenvalue weighted by Crippen LogP contribution is -2.48. The van der Waals surface area contributed by atoms with Crippen LogP contribution in [0.2, 0.25) is 0 Å². The van der Waals surface area contributed by atoms with E-state index in [1.807, 2.05) is 6.08 Å². The van der Waals surface area contributed by atoms with Gasteiger partial charge in [0, 0.05) is 56.1 Å². The van der Waals surface area contributed by atoms with Gasteiger partial charge in [-0.1, -0.05) is 80.8 Å². The highest BCUT2D eigenvalue weighted by Crippen LogP contribution is 2.45. The van der Waals surface area contributed by atoms with Gasteiger partial charge in [0.2, 0.25) is 0 Å². The summed E-state index contributed by atoms with van der Waals surface area (Å²) in [5, 5.41) is 1.56. The molecule has 0 aromatic rings. The predicted octanol–water partition coefficient (Wildman–Crippen LogP) is 9.55. The molecule has 3 aliphatic heterocycles. The van der Waals surface area contributed by atoms with Gasteiger partial charge < -0.3 is 9.80 Å². The highest BCUT2D eigenvalue weighted by atomic mass is 32.2. The van der Waals surface area contributed by atoms with Gasteiger partial charge in [0.05, 0.1) is 5.03 Å². The van der Waals surface area contributed by atoms with Crippen LogP contribution in [0.3, 0.4) is 0 Å². The molecule has 0 amide bonds. The summed E-state index contributed by atoms with van der Waals surface area (Å²) in [6.07, 6.45) is 31.1. The third-order valence-electron chi connectivity index (χ3n) is 10.0. The highest BCUT2D eigenvalue weighted by molar-refractivity contribution is 8.06. The molecule has 0 bridgehead atoms. The van der Waals surface area contributed by atoms with E-state index in [-0.39, 0.29) is 0 Å². The summed E-state index contributed by atoms with van der Waals surface area (Å²) in [6, 6.07) is 0.869. The van der Waals surface area contributed by atoms with Gasteiger partial charge in [-0.2, -0.15) is 0 Å². The number of likely N-dealkylation sites (tertiary alicyclic amines) is 1. The van der Waals surface area contributed by atoms with E-state index in [2.05, 4.69) is 71.2 Å². The number of nitrogens with zero attached hydrogens (tertiary/aromatic N) is 3. The van der Waals surface area contributed by atoms with Crippen molar-refractivity contribution in [3.05, 3.63) is 69.4 Å². The zero-order chi connectivity index (χ0) is 27.7. The normalized spacial score (nSPS) is 25.7. The molecule has 0 aromatic heterocycles. The summed E-state index contributed by atoms with van der Waals surface area (Å²) in [4.78, 5) is 9.89. The monoisotopic (exact) mass is 561 g/mol. The molecule has 5 aliphatic rings. The SMILES string of the molecule is C=CC=C(C=CCCC)N1CCC(CCC2=C(CC)CCC=C(N3CCN(C4CCCC4)CC3)S2)C1=C1CCC1. The number of thioether (sulfide) groups is 1. The van der Waals surface area contributed by atoms with Gasteiger partial charge in [0.25, 0.3) is 0 Å². The first-order valence-corrected chi connectivity index (χ1v) is 17.6. The average Bonchev–Trinajstić information content (AvgIpc) is 3.58. The zero-order valence-corrected chi connectivity index (χ0v) is 26.5. The zero-order valence-electron chi connectivity index (χ0n) is 25.6. The Balaban J connectivity index is 1.24. The van der Waals surface area contributed by atoms with Gasteiger partial charge in [0.15, 0.2) is 0 Å². The first-order valence-electron chi connectivity index (χ1n) is 16.8. The summed E-state index contributed by atoms with van der Waals surface area (Å²) >= 11 is 2.15. The molecule has 0 N–H and O–H groups in total. The Labute approximate surface area is 250 Å². The average molecular weight is 562 g/mol. The molecule has 1 atom stereocenters. The number of allylic oxidation sites excluding steroid dienone is 9. The van der Waals surface area contributed by atoms with Crippen molar-refractivity contribution in [2.45, 2.75) is 116 Å². The van der Waals surface area contributed by atoms with Crippen molar-refractivity contribution in [1.82, 2.24) is 14.7 Å². The van der Waals surface area contributed by atoms with Gasteiger partial charge in [-0.25, -0.2) is 0 Å². The maximum Gasteiger partial charge on any atom is 0.0713 e. The molecule has 3 heterocycles. The number of piperazine rings is 1. The Hall–Kier alpha value is -1.65. The van der Waals surface area contributed by atoms with Gasteiger partial charge >= 0.3 is 0 Å². The van der Waals surface area contributed by atoms with E-state index in [4.69, 9.17) is 0 Å². The third kappa shape index (κ3) is 7.21. The number of hydrogen-bond donors (Lipinski definition) is 0. The summed E-state index contributed by atoms with van der Waals surface area (Å²) in [5.74, 6) is 0.694. The van der Waals surface area contributed by atoms with Crippen LogP contribution in [0.25, 0.3) is 0 Å². The minimum absolute atomic E-state index is 0.694. The lowest BCUT2D eigenvalue weighted by Gasteiger charge is -2.40. The maximum atomic E-state index is 4.04. The summed E-state index contributed by atoms with van der Waals surface area (Å²) in [7, 11) is 0. The second kappa shape index (κ2) is 15.0. The first-order chi connectivity index (χ1) is 19.7. The Morgan fingerprint density at radius 2 is 1.80 bits per heavy atom. The molecule has 40 heavy (non-hydrogen) atoms. The van der Waals surface area contributed by atoms with Crippen molar-refractivity contribution < 1.29 is 0 Å². The standard InChI is InChI=1S/C36H55N3S/c1-4-7-8-19-33(13-5-2)39-24-23-31(36(39)30-15-11-16-30)21-22-34-29(6-3)14-12-20-35(40-34)38-27-25-37(26-28-38)32-17-9-10-18-32/h5,8,13,19-20,31-32H,2,4,6-7,9-12,14-18,21-28H2,1,3H3. The molecule has 0 radical (unpaired) electrons. The van der Waals surface area contributed by atoms with E-state index in [1.165, 1.54) is 122 Å². The Morgan fingerprint density at radius 1 is 1.00 bits per heavy atom. The van der Waals surface area contributed by atoms with Crippen molar-refractivity contribution in [3.63, 3.8) is 0 Å². The Morgan fingerprint density at radius 3 is 2.48 bits per heavy atom. The topological polar surface area (TPSA) is 9.72 Å². The van der Waals surface area contributed by atoms with Crippen LogP contribution >= 0.6 is 11.8 Å². The molecule has 2 aliphatic carbocycles. The molecule has 4 heteroatoms. The molecular formula is C36H55N3S. The molecular weight excluding hydrogens is 506 g/mol. The fraction of sp³-hybridized carbons (Fsp3) is 0.667. The lowest BCUT2D eigenvalue weighted by molar-refractivity contribution is 0.122. The van der Waals surface area contributed by atoms with Gasteiger partial charge in [-0.3, -0.25) is 4.90 Å². The van der Waals surface area contributed by atoms with E-state index < -0.39 is 0 Å². The molecule has 3 nitrogen and oxygen atoms in total. The molecule has 4 fully saturated rings. The molecule has 220 valence electrons. The molecule has 1 unspecified atom stereocenters. The summed E-state index contributed by atoms with van der Waals surface area (Å²) in [6.45, 7) is 14.8. The van der Waals surface area contributed by atoms with E-state index in [1.54, 1.807) is 26.8 Å². The van der Waals surface area contributed by atoms with Crippen molar-refractivity contribution >= 4 is 11.8 Å². The van der Waals surface area contributed by atoms with E-state index >= 15 is 0 Å². The highest BCUT2D eigenvalue weighted by Gasteiger charge is 2.34. The number of unbranched alkanes of at least 4 members (excludes halogenated alkanes) is 1. The van der Waals surface area contributed by atoms with Crippen LogP contribution < -0.4 is 0 Å². The van der Waals surface area contributed by atoms with Crippen molar-refractivity contribution in [3.8, 4) is 0 Å². The summed E-state index contributed by atoms with van der Waals surface area (Å²) < 4.78 is 0. The van der Waals surface area contributed by atoms with Crippen LogP contribution in [0.5, 0.6) is 0 Å². The molecule has 0 aromatic carbocycles. The fourth-order valence-electron chi connectivity index (χ4n) is 7.55. The minimum Gasteiger partial charge on any atom is -0.364 e. The molecule has 2 saturated heterocycles. The van der Waals surface area contributed by atoms with Crippen LogP contribution in [0, 0.1) is 5.92 Å². The van der Waals surface area contributed by atoms with Crippen LogP contribution in [0.4, 0.5) is 0 Å². The molecule has 5 rings (SSSR count). The van der Waals surface area contributed by atoms with Crippen LogP contribution in [-0.4, -0.2) is 53.5 Å². The largest absolute Gasteiger partial charge is 0.364 e. The fourth-order valence-corrected chi connectivity index (χ4v) is 8.93. The smallest absolute Gasteiger partial charge is 0.0713 e. The predicted molar refractivity (Wildman–Crippen MR) is 175 cm³/mol. The van der Waals surface area contributed by atoms with Crippen LogP contribution in [0.15, 0.2) is 69.4 Å². The molecule has 0 spiro atoms. The Kier molecular flexibility index (Phi) is 11.2. The van der Waals surface area contributed by atoms with Crippen molar-refractivity contribution in [1.29, 1.82) is 0 Å². The van der Waals surface area contributed by atoms with Crippen LogP contribution in [0.1, 0.15) is 110 Å². The van der Waals surface area contributed by atoms with Gasteiger partial charge in [-0.15, -0.1) is 0 Å². The number of hydrogen-bond acceptors (Lipinski definition) is 4. The second-order valence-corrected chi connectivity index (χ2v) is 13.7. The summed E-state index contributed by atoms with van der Waals surface area (Å²) in [5.41, 5.74) is 6.49. The van der Waals surface area contributed by atoms with E-state index in [0.717, 1.165) is 19.0 Å². The maximum absolute atomic E-state index is 4.04. The van der Waals surface area contributed by atoms with Gasteiger partial charge in [0.1, 0.15) is 0 Å². The third-order valence-corrected chi connectivity index (χ3v) is 11.4. The van der Waals surface area contributed by atoms with Crippen molar-refractivity contribution in [2.75, 3.05) is 32.7 Å². The first kappa shape index (κ1) is 29.8. The molecule has 2 saturated carbocycles. The second-order valence-electron chi connectivity index (χ2n) is 12.6. The quantitative estimate of drug-likeness (QED) is 0.232. The van der Waals surface area contributed by atoms with E-state index in [0.29, 0.717) is 5.92 Å².